The summed E-state index contributed by atoms with van der Waals surface area (Å²) in [5.41, 5.74) is 3.20. The Balaban J connectivity index is 1.82. The fourth-order valence-corrected chi connectivity index (χ4v) is 4.27. The van der Waals surface area contributed by atoms with Gasteiger partial charge in [0.2, 0.25) is 0 Å². The minimum atomic E-state index is -1.78. The van der Waals surface area contributed by atoms with Crippen LogP contribution in [-0.2, 0) is 15.8 Å². The van der Waals surface area contributed by atoms with E-state index in [2.05, 4.69) is 64.3 Å². The zero-order valence-corrected chi connectivity index (χ0v) is 20.2. The number of nitrogens with one attached hydrogen (secondary N) is 1. The number of ether oxygens (including phenoxy) is 1. The quantitative estimate of drug-likeness (QED) is 0.282. The number of rotatable bonds is 8. The van der Waals surface area contributed by atoms with Crippen molar-refractivity contribution in [1.82, 2.24) is 0 Å². The molecule has 2 aromatic rings. The van der Waals surface area contributed by atoms with Gasteiger partial charge in [-0.2, -0.15) is 0 Å². The lowest BCUT2D eigenvalue weighted by Crippen LogP contribution is -2.40. The average molecular weight is 432 g/mol. The van der Waals surface area contributed by atoms with Gasteiger partial charge in [0.25, 0.3) is 0 Å². The van der Waals surface area contributed by atoms with E-state index in [4.69, 9.17) is 9.16 Å². The van der Waals surface area contributed by atoms with Crippen molar-refractivity contribution in [3.05, 3.63) is 59.7 Å². The molecule has 6 heteroatoms. The van der Waals surface area contributed by atoms with E-state index in [1.807, 2.05) is 30.3 Å². The summed E-state index contributed by atoms with van der Waals surface area (Å²) in [6.07, 6.45) is -0.426. The molecule has 0 saturated heterocycles. The number of carbonyl (C=O) groups is 1. The third kappa shape index (κ3) is 7.21. The minimum absolute atomic E-state index is 0.199. The maximum Gasteiger partial charge on any atom is 0.411 e. The van der Waals surface area contributed by atoms with Crippen molar-refractivity contribution < 1.29 is 14.0 Å². The smallest absolute Gasteiger partial charge is 0.411 e. The Morgan fingerprint density at radius 3 is 2.41 bits per heavy atom. The van der Waals surface area contributed by atoms with Gasteiger partial charge in [0.05, 0.1) is 6.61 Å². The summed E-state index contributed by atoms with van der Waals surface area (Å²) in [6, 6.07) is 15.6. The van der Waals surface area contributed by atoms with Crippen LogP contribution in [0.4, 0.5) is 10.5 Å². The topological polar surface area (TPSA) is 47.6 Å². The zero-order chi connectivity index (χ0) is 21.5. The van der Waals surface area contributed by atoms with Crippen molar-refractivity contribution in [2.75, 3.05) is 17.7 Å². The van der Waals surface area contributed by atoms with Gasteiger partial charge in [-0.1, -0.05) is 51.1 Å². The standard InChI is InChI=1S/C23H33NO3SSi/c1-18-19(17-27-29(5,6)23(2,3)4)11-10-14-21(18)28-16-15-26-22(25)24-20-12-8-7-9-13-20/h7-14H,15-17H2,1-6H3,(H,24,25). The molecular weight excluding hydrogens is 398 g/mol. The summed E-state index contributed by atoms with van der Waals surface area (Å²) < 4.78 is 11.7. The highest BCUT2D eigenvalue weighted by molar-refractivity contribution is 7.99. The van der Waals surface area contributed by atoms with E-state index in [0.29, 0.717) is 19.0 Å². The van der Waals surface area contributed by atoms with Crippen molar-refractivity contribution in [3.63, 3.8) is 0 Å². The predicted octanol–water partition coefficient (Wildman–Crippen LogP) is 6.86. The molecule has 0 saturated carbocycles. The van der Waals surface area contributed by atoms with E-state index in [9.17, 15) is 4.79 Å². The fourth-order valence-electron chi connectivity index (χ4n) is 2.41. The monoisotopic (exact) mass is 431 g/mol. The zero-order valence-electron chi connectivity index (χ0n) is 18.4. The van der Waals surface area contributed by atoms with Gasteiger partial charge in [-0.3, -0.25) is 5.32 Å². The van der Waals surface area contributed by atoms with Crippen molar-refractivity contribution in [1.29, 1.82) is 0 Å². The van der Waals surface area contributed by atoms with Crippen LogP contribution in [0.5, 0.6) is 0 Å². The number of amides is 1. The highest BCUT2D eigenvalue weighted by atomic mass is 32.2. The van der Waals surface area contributed by atoms with E-state index in [1.165, 1.54) is 16.0 Å². The van der Waals surface area contributed by atoms with Crippen LogP contribution in [0.2, 0.25) is 18.1 Å². The van der Waals surface area contributed by atoms with E-state index in [1.54, 1.807) is 11.8 Å². The van der Waals surface area contributed by atoms with Crippen LogP contribution < -0.4 is 5.32 Å². The second-order valence-electron chi connectivity index (χ2n) is 8.56. The van der Waals surface area contributed by atoms with Gasteiger partial charge in [-0.05, 0) is 54.4 Å². The van der Waals surface area contributed by atoms with Gasteiger partial charge in [0.15, 0.2) is 8.32 Å². The lowest BCUT2D eigenvalue weighted by Gasteiger charge is -2.36. The Hall–Kier alpha value is -1.76. The van der Waals surface area contributed by atoms with Crippen LogP contribution in [0.1, 0.15) is 31.9 Å². The third-order valence-corrected chi connectivity index (χ3v) is 11.0. The van der Waals surface area contributed by atoms with Gasteiger partial charge in [-0.25, -0.2) is 4.79 Å². The summed E-state index contributed by atoms with van der Waals surface area (Å²) in [5.74, 6) is 0.704. The molecule has 0 spiro atoms. The van der Waals surface area contributed by atoms with Crippen LogP contribution in [-0.4, -0.2) is 26.8 Å². The highest BCUT2D eigenvalue weighted by Gasteiger charge is 2.37. The van der Waals surface area contributed by atoms with E-state index < -0.39 is 14.4 Å². The van der Waals surface area contributed by atoms with Crippen molar-refractivity contribution >= 4 is 31.9 Å². The molecule has 0 unspecified atom stereocenters. The minimum Gasteiger partial charge on any atom is -0.448 e. The number of hydrogen-bond acceptors (Lipinski definition) is 4. The molecule has 0 aliphatic heterocycles. The van der Waals surface area contributed by atoms with Crippen molar-refractivity contribution in [3.8, 4) is 0 Å². The molecule has 2 rings (SSSR count). The Morgan fingerprint density at radius 2 is 1.76 bits per heavy atom. The van der Waals surface area contributed by atoms with Gasteiger partial charge < -0.3 is 9.16 Å². The molecule has 0 radical (unpaired) electrons. The molecule has 0 aliphatic rings. The lowest BCUT2D eigenvalue weighted by molar-refractivity contribution is 0.169. The number of carbonyl (C=O) groups excluding carboxylic acids is 1. The molecule has 0 fully saturated rings. The maximum atomic E-state index is 11.8. The highest BCUT2D eigenvalue weighted by Crippen LogP contribution is 2.37. The van der Waals surface area contributed by atoms with Crippen molar-refractivity contribution in [2.24, 2.45) is 0 Å². The first kappa shape index (κ1) is 23.5. The van der Waals surface area contributed by atoms with Gasteiger partial charge >= 0.3 is 6.09 Å². The van der Waals surface area contributed by atoms with Gasteiger partial charge in [-0.15, -0.1) is 11.8 Å². The van der Waals surface area contributed by atoms with Gasteiger partial charge in [0, 0.05) is 16.3 Å². The Bertz CT molecular complexity index is 804. The number of hydrogen-bond donors (Lipinski definition) is 1. The normalized spacial score (nSPS) is 11.9. The molecule has 29 heavy (non-hydrogen) atoms. The third-order valence-electron chi connectivity index (χ3n) is 5.39. The molecule has 0 bridgehead atoms. The Labute approximate surface area is 180 Å². The van der Waals surface area contributed by atoms with Crippen LogP contribution in [0.15, 0.2) is 53.4 Å². The molecule has 158 valence electrons. The van der Waals surface area contributed by atoms with E-state index in [0.717, 1.165) is 5.69 Å². The maximum absolute atomic E-state index is 11.8. The molecule has 1 N–H and O–H groups in total. The van der Waals surface area contributed by atoms with Crippen molar-refractivity contribution in [2.45, 2.75) is 57.3 Å². The number of thioether (sulfide) groups is 1. The average Bonchev–Trinajstić information content (AvgIpc) is 2.65. The van der Waals surface area contributed by atoms with E-state index in [-0.39, 0.29) is 5.04 Å². The fraction of sp³-hybridized carbons (Fsp3) is 0.435. The Kier molecular flexibility index (Phi) is 8.37. The number of para-hydroxylation sites is 1. The summed E-state index contributed by atoms with van der Waals surface area (Å²) in [4.78, 5) is 13.1. The molecule has 2 aromatic carbocycles. The first-order chi connectivity index (χ1) is 13.6. The summed E-state index contributed by atoms with van der Waals surface area (Å²) in [5, 5.41) is 2.92. The molecule has 1 amide bonds. The molecule has 0 atom stereocenters. The van der Waals surface area contributed by atoms with Gasteiger partial charge in [0.1, 0.15) is 6.61 Å². The number of benzene rings is 2. The van der Waals surface area contributed by atoms with Crippen LogP contribution >= 0.6 is 11.8 Å². The molecule has 4 nitrogen and oxygen atoms in total. The lowest BCUT2D eigenvalue weighted by atomic mass is 10.1. The van der Waals surface area contributed by atoms with E-state index >= 15 is 0 Å². The predicted molar refractivity (Wildman–Crippen MR) is 125 cm³/mol. The molecular formula is C23H33NO3SSi. The first-order valence-electron chi connectivity index (χ1n) is 9.94. The second kappa shape index (κ2) is 10.3. The SMILES string of the molecule is Cc1c(CO[Si](C)(C)C(C)(C)C)cccc1SCCOC(=O)Nc1ccccc1. The second-order valence-corrected chi connectivity index (χ2v) is 14.5. The number of anilines is 1. The summed E-state index contributed by atoms with van der Waals surface area (Å²) in [7, 11) is -1.78. The first-order valence-corrected chi connectivity index (χ1v) is 13.8. The van der Waals surface area contributed by atoms with Crippen LogP contribution in [0.3, 0.4) is 0 Å². The van der Waals surface area contributed by atoms with Crippen LogP contribution in [0.25, 0.3) is 0 Å². The molecule has 0 aromatic heterocycles. The van der Waals surface area contributed by atoms with Crippen LogP contribution in [0, 0.1) is 6.92 Å². The molecule has 0 heterocycles. The molecule has 0 aliphatic carbocycles. The Morgan fingerprint density at radius 1 is 1.07 bits per heavy atom. The largest absolute Gasteiger partial charge is 0.448 e. The summed E-state index contributed by atoms with van der Waals surface area (Å²) >= 11 is 1.70. The summed E-state index contributed by atoms with van der Waals surface area (Å²) in [6.45, 7) is 14.5.